The van der Waals surface area contributed by atoms with Gasteiger partial charge in [-0.3, -0.25) is 9.48 Å². The zero-order valence-corrected chi connectivity index (χ0v) is 10.7. The number of Topliss-reactive ketones (excluding diaryl/α,β-unsaturated/α-hetero) is 1. The molecule has 0 spiro atoms. The molecule has 94 valence electrons. The van der Waals surface area contributed by atoms with Gasteiger partial charge in [0.15, 0.2) is 5.78 Å². The van der Waals surface area contributed by atoms with Crippen molar-refractivity contribution in [2.24, 2.45) is 5.92 Å². The Kier molecular flexibility index (Phi) is 4.35. The van der Waals surface area contributed by atoms with Crippen LogP contribution in [0.25, 0.3) is 0 Å². The Bertz CT molecular complexity index is 362. The number of aromatic nitrogens is 2. The molecular weight excluding hydrogens is 212 g/mol. The van der Waals surface area contributed by atoms with Gasteiger partial charge in [0.25, 0.3) is 0 Å². The largest absolute Gasteiger partial charge is 0.292 e. The lowest BCUT2D eigenvalue weighted by Crippen LogP contribution is -2.19. The van der Waals surface area contributed by atoms with Crippen LogP contribution < -0.4 is 0 Å². The molecule has 0 N–H and O–H groups in total. The Balaban J connectivity index is 2.09. The van der Waals surface area contributed by atoms with E-state index in [1.165, 1.54) is 25.7 Å². The monoisotopic (exact) mass is 234 g/mol. The van der Waals surface area contributed by atoms with Gasteiger partial charge >= 0.3 is 0 Å². The van der Waals surface area contributed by atoms with E-state index in [1.807, 2.05) is 10.7 Å². The summed E-state index contributed by atoms with van der Waals surface area (Å²) in [5.74, 6) is 0.558. The number of ketones is 1. The first kappa shape index (κ1) is 12.3. The molecule has 0 radical (unpaired) electrons. The maximum absolute atomic E-state index is 12.4. The van der Waals surface area contributed by atoms with E-state index in [0.717, 1.165) is 31.5 Å². The van der Waals surface area contributed by atoms with Gasteiger partial charge in [-0.1, -0.05) is 32.6 Å². The van der Waals surface area contributed by atoms with E-state index >= 15 is 0 Å². The molecule has 3 heteroatoms. The highest BCUT2D eigenvalue weighted by molar-refractivity contribution is 5.96. The fourth-order valence-electron chi connectivity index (χ4n) is 2.68. The fraction of sp³-hybridized carbons (Fsp3) is 0.714. The molecule has 1 saturated carbocycles. The number of aryl methyl sites for hydroxylation is 1. The molecule has 0 saturated heterocycles. The van der Waals surface area contributed by atoms with Crippen LogP contribution in [0.15, 0.2) is 12.3 Å². The van der Waals surface area contributed by atoms with Crippen LogP contribution in [0.3, 0.4) is 0 Å². The maximum atomic E-state index is 12.4. The van der Waals surface area contributed by atoms with E-state index in [1.54, 1.807) is 6.20 Å². The first-order valence-electron chi connectivity index (χ1n) is 6.89. The summed E-state index contributed by atoms with van der Waals surface area (Å²) in [6.45, 7) is 2.96. The van der Waals surface area contributed by atoms with Gasteiger partial charge in [0.2, 0.25) is 0 Å². The molecule has 0 amide bonds. The molecule has 0 aliphatic heterocycles. The molecule has 1 heterocycles. The normalized spacial score (nSPS) is 17.9. The number of hydrogen-bond donors (Lipinski definition) is 0. The molecule has 0 atom stereocenters. The quantitative estimate of drug-likeness (QED) is 0.591. The topological polar surface area (TPSA) is 34.9 Å². The summed E-state index contributed by atoms with van der Waals surface area (Å²) in [7, 11) is 0. The summed E-state index contributed by atoms with van der Waals surface area (Å²) in [6.07, 6.45) is 9.89. The Morgan fingerprint density at radius 1 is 1.35 bits per heavy atom. The Morgan fingerprint density at radius 3 is 2.71 bits per heavy atom. The van der Waals surface area contributed by atoms with Gasteiger partial charge in [-0.2, -0.15) is 5.10 Å². The molecule has 2 rings (SSSR count). The Hall–Kier alpha value is -1.12. The highest BCUT2D eigenvalue weighted by atomic mass is 16.1. The van der Waals surface area contributed by atoms with E-state index in [2.05, 4.69) is 12.0 Å². The summed E-state index contributed by atoms with van der Waals surface area (Å²) in [6, 6.07) is 1.88. The lowest BCUT2D eigenvalue weighted by Gasteiger charge is -2.13. The molecule has 17 heavy (non-hydrogen) atoms. The second-order valence-electron chi connectivity index (χ2n) is 4.99. The molecule has 0 aromatic carbocycles. The minimum atomic E-state index is 0.241. The van der Waals surface area contributed by atoms with Crippen LogP contribution in [0.1, 0.15) is 62.4 Å². The standard InChI is InChI=1S/C14H22N2O/c1-2-11-16-13(9-10-15-16)14(17)12-7-5-3-4-6-8-12/h9-10,12H,2-8,11H2,1H3. The van der Waals surface area contributed by atoms with Crippen molar-refractivity contribution in [1.82, 2.24) is 9.78 Å². The van der Waals surface area contributed by atoms with Gasteiger partial charge < -0.3 is 0 Å². The minimum Gasteiger partial charge on any atom is -0.292 e. The van der Waals surface area contributed by atoms with Crippen molar-refractivity contribution in [1.29, 1.82) is 0 Å². The minimum absolute atomic E-state index is 0.241. The van der Waals surface area contributed by atoms with Crippen LogP contribution in [0.4, 0.5) is 0 Å². The van der Waals surface area contributed by atoms with Crippen LogP contribution in [0, 0.1) is 5.92 Å². The highest BCUT2D eigenvalue weighted by Gasteiger charge is 2.23. The second-order valence-corrected chi connectivity index (χ2v) is 4.99. The lowest BCUT2D eigenvalue weighted by atomic mass is 9.93. The van der Waals surface area contributed by atoms with E-state index < -0.39 is 0 Å². The van der Waals surface area contributed by atoms with E-state index in [9.17, 15) is 4.79 Å². The van der Waals surface area contributed by atoms with Gasteiger partial charge in [0.1, 0.15) is 5.69 Å². The van der Waals surface area contributed by atoms with Crippen molar-refractivity contribution in [3.05, 3.63) is 18.0 Å². The predicted molar refractivity (Wildman–Crippen MR) is 68.0 cm³/mol. The van der Waals surface area contributed by atoms with Crippen molar-refractivity contribution in [2.45, 2.75) is 58.4 Å². The van der Waals surface area contributed by atoms with Crippen LogP contribution in [-0.4, -0.2) is 15.6 Å². The van der Waals surface area contributed by atoms with E-state index in [0.29, 0.717) is 5.78 Å². The van der Waals surface area contributed by atoms with Crippen molar-refractivity contribution >= 4 is 5.78 Å². The number of carbonyl (C=O) groups is 1. The van der Waals surface area contributed by atoms with Gasteiger partial charge in [-0.05, 0) is 25.3 Å². The van der Waals surface area contributed by atoms with Crippen LogP contribution in [0.2, 0.25) is 0 Å². The summed E-state index contributed by atoms with van der Waals surface area (Å²) in [5.41, 5.74) is 0.818. The molecule has 1 aliphatic carbocycles. The third-order valence-corrected chi connectivity index (χ3v) is 3.63. The molecule has 0 unspecified atom stereocenters. The maximum Gasteiger partial charge on any atom is 0.183 e. The van der Waals surface area contributed by atoms with Crippen LogP contribution in [0.5, 0.6) is 0 Å². The van der Waals surface area contributed by atoms with Gasteiger partial charge in [0, 0.05) is 18.7 Å². The summed E-state index contributed by atoms with van der Waals surface area (Å²) < 4.78 is 1.87. The lowest BCUT2D eigenvalue weighted by molar-refractivity contribution is 0.0896. The number of carbonyl (C=O) groups excluding carboxylic acids is 1. The Labute approximate surface area is 103 Å². The zero-order chi connectivity index (χ0) is 12.1. The highest BCUT2D eigenvalue weighted by Crippen LogP contribution is 2.26. The molecule has 1 fully saturated rings. The van der Waals surface area contributed by atoms with E-state index in [-0.39, 0.29) is 5.92 Å². The number of nitrogens with zero attached hydrogens (tertiary/aromatic N) is 2. The van der Waals surface area contributed by atoms with E-state index in [4.69, 9.17) is 0 Å². The molecule has 3 nitrogen and oxygen atoms in total. The number of hydrogen-bond acceptors (Lipinski definition) is 2. The third-order valence-electron chi connectivity index (χ3n) is 3.63. The average molecular weight is 234 g/mol. The number of rotatable bonds is 4. The molecule has 1 aromatic rings. The van der Waals surface area contributed by atoms with Crippen molar-refractivity contribution in [3.8, 4) is 0 Å². The average Bonchev–Trinajstić information content (AvgIpc) is 2.63. The summed E-state index contributed by atoms with van der Waals surface area (Å²) in [4.78, 5) is 12.4. The molecule has 1 aromatic heterocycles. The summed E-state index contributed by atoms with van der Waals surface area (Å²) >= 11 is 0. The zero-order valence-electron chi connectivity index (χ0n) is 10.7. The fourth-order valence-corrected chi connectivity index (χ4v) is 2.68. The summed E-state index contributed by atoms with van der Waals surface area (Å²) in [5, 5.41) is 4.24. The smallest absolute Gasteiger partial charge is 0.183 e. The van der Waals surface area contributed by atoms with Crippen LogP contribution >= 0.6 is 0 Å². The first-order valence-corrected chi connectivity index (χ1v) is 6.89. The van der Waals surface area contributed by atoms with Gasteiger partial charge in [-0.15, -0.1) is 0 Å². The van der Waals surface area contributed by atoms with Crippen molar-refractivity contribution in [3.63, 3.8) is 0 Å². The van der Waals surface area contributed by atoms with Crippen LogP contribution in [-0.2, 0) is 6.54 Å². The third kappa shape index (κ3) is 2.96. The second kappa shape index (κ2) is 5.99. The van der Waals surface area contributed by atoms with Crippen molar-refractivity contribution < 1.29 is 4.79 Å². The van der Waals surface area contributed by atoms with Gasteiger partial charge in [-0.25, -0.2) is 0 Å². The van der Waals surface area contributed by atoms with Gasteiger partial charge in [0.05, 0.1) is 0 Å². The molecule has 1 aliphatic rings. The Morgan fingerprint density at radius 2 is 2.06 bits per heavy atom. The predicted octanol–water partition coefficient (Wildman–Crippen LogP) is 3.45. The SMILES string of the molecule is CCCn1nccc1C(=O)C1CCCCCC1. The van der Waals surface area contributed by atoms with Crippen molar-refractivity contribution in [2.75, 3.05) is 0 Å². The first-order chi connectivity index (χ1) is 8.33. The molecular formula is C14H22N2O. The molecule has 0 bridgehead atoms.